The average molecular weight is 367 g/mol. The normalized spacial score (nSPS) is 14.3. The van der Waals surface area contributed by atoms with Gasteiger partial charge in [-0.05, 0) is 41.7 Å². The molecule has 144 valence electrons. The van der Waals surface area contributed by atoms with Crippen LogP contribution in [0.1, 0.15) is 30.5 Å². The van der Waals surface area contributed by atoms with Crippen LogP contribution in [0.4, 0.5) is 5.69 Å². The third kappa shape index (κ3) is 4.44. The van der Waals surface area contributed by atoms with E-state index in [9.17, 15) is 4.79 Å². The summed E-state index contributed by atoms with van der Waals surface area (Å²) in [7, 11) is 1.65. The Morgan fingerprint density at radius 3 is 2.04 bits per heavy atom. The molecule has 1 amide bonds. The van der Waals surface area contributed by atoms with Gasteiger partial charge >= 0.3 is 0 Å². The van der Waals surface area contributed by atoms with Gasteiger partial charge in [-0.25, -0.2) is 0 Å². The monoisotopic (exact) mass is 366 g/mol. The van der Waals surface area contributed by atoms with E-state index >= 15 is 0 Å². The molecule has 0 unspecified atom stereocenters. The van der Waals surface area contributed by atoms with Crippen LogP contribution in [0.15, 0.2) is 42.5 Å². The summed E-state index contributed by atoms with van der Waals surface area (Å²) in [4.78, 5) is 17.2. The lowest BCUT2D eigenvalue weighted by atomic mass is 10.0. The molecule has 0 spiro atoms. The molecule has 1 aliphatic heterocycles. The molecule has 1 aliphatic rings. The number of carbonyl (C=O) groups excluding carboxylic acids is 1. The number of carbonyl (C=O) groups is 1. The van der Waals surface area contributed by atoms with Crippen molar-refractivity contribution in [1.29, 1.82) is 0 Å². The lowest BCUT2D eigenvalue weighted by molar-refractivity contribution is -0.130. The fourth-order valence-corrected chi connectivity index (χ4v) is 3.83. The first-order chi connectivity index (χ1) is 13.2. The molecule has 0 aromatic heterocycles. The van der Waals surface area contributed by atoms with Gasteiger partial charge in [-0.15, -0.1) is 0 Å². The van der Waals surface area contributed by atoms with Crippen molar-refractivity contribution in [1.82, 2.24) is 4.90 Å². The van der Waals surface area contributed by atoms with Gasteiger partial charge in [0.1, 0.15) is 5.75 Å². The Labute approximate surface area is 162 Å². The van der Waals surface area contributed by atoms with Gasteiger partial charge in [0.25, 0.3) is 0 Å². The number of piperazine rings is 1. The highest BCUT2D eigenvalue weighted by atomic mass is 16.5. The first-order valence-corrected chi connectivity index (χ1v) is 9.92. The molecule has 0 bridgehead atoms. The number of hydrogen-bond donors (Lipinski definition) is 0. The molecule has 1 heterocycles. The number of aryl methyl sites for hydroxylation is 2. The van der Waals surface area contributed by atoms with E-state index in [0.29, 0.717) is 6.42 Å². The van der Waals surface area contributed by atoms with Crippen molar-refractivity contribution in [3.05, 3.63) is 59.2 Å². The zero-order chi connectivity index (χ0) is 19.2. The molecular weight excluding hydrogens is 336 g/mol. The van der Waals surface area contributed by atoms with Gasteiger partial charge < -0.3 is 14.5 Å². The number of methoxy groups -OCH3 is 1. The van der Waals surface area contributed by atoms with Crippen LogP contribution in [0.3, 0.4) is 0 Å². The molecule has 0 radical (unpaired) electrons. The first kappa shape index (κ1) is 19.3. The second-order valence-electron chi connectivity index (χ2n) is 7.02. The summed E-state index contributed by atoms with van der Waals surface area (Å²) in [6.45, 7) is 7.81. The smallest absolute Gasteiger partial charge is 0.227 e. The van der Waals surface area contributed by atoms with Crippen LogP contribution in [0, 0.1) is 0 Å². The standard InChI is InChI=1S/C23H30N2O2/c1-4-19-7-6-8-20(5-2)23(19)25-15-13-24(14-16-25)22(26)17-18-9-11-21(27-3)12-10-18/h6-12H,4-5,13-17H2,1-3H3. The molecule has 4 heteroatoms. The molecule has 2 aromatic carbocycles. The third-order valence-corrected chi connectivity index (χ3v) is 5.43. The predicted molar refractivity (Wildman–Crippen MR) is 111 cm³/mol. The molecule has 3 rings (SSSR count). The Morgan fingerprint density at radius 2 is 1.52 bits per heavy atom. The van der Waals surface area contributed by atoms with Crippen LogP contribution >= 0.6 is 0 Å². The summed E-state index contributed by atoms with van der Waals surface area (Å²) in [6.07, 6.45) is 2.54. The summed E-state index contributed by atoms with van der Waals surface area (Å²) in [5.74, 6) is 1.03. The van der Waals surface area contributed by atoms with Crippen LogP contribution in [0.25, 0.3) is 0 Å². The minimum absolute atomic E-state index is 0.208. The van der Waals surface area contributed by atoms with Gasteiger partial charge in [0.05, 0.1) is 13.5 Å². The van der Waals surface area contributed by atoms with Crippen molar-refractivity contribution in [3.8, 4) is 5.75 Å². The Morgan fingerprint density at radius 1 is 0.926 bits per heavy atom. The van der Waals surface area contributed by atoms with Crippen molar-refractivity contribution >= 4 is 11.6 Å². The van der Waals surface area contributed by atoms with Crippen LogP contribution in [0.2, 0.25) is 0 Å². The summed E-state index contributed by atoms with van der Waals surface area (Å²) in [5.41, 5.74) is 5.25. The molecule has 0 N–H and O–H groups in total. The summed E-state index contributed by atoms with van der Waals surface area (Å²) >= 11 is 0. The fraction of sp³-hybridized carbons (Fsp3) is 0.435. The molecule has 1 fully saturated rings. The van der Waals surface area contributed by atoms with Gasteiger partial charge in [-0.3, -0.25) is 4.79 Å². The quantitative estimate of drug-likeness (QED) is 0.781. The summed E-state index contributed by atoms with van der Waals surface area (Å²) in [6, 6.07) is 14.4. The van der Waals surface area contributed by atoms with Crippen LogP contribution < -0.4 is 9.64 Å². The number of para-hydroxylation sites is 1. The molecule has 27 heavy (non-hydrogen) atoms. The van der Waals surface area contributed by atoms with Crippen molar-refractivity contribution < 1.29 is 9.53 Å². The number of hydrogen-bond acceptors (Lipinski definition) is 3. The van der Waals surface area contributed by atoms with E-state index < -0.39 is 0 Å². The van der Waals surface area contributed by atoms with E-state index in [2.05, 4.69) is 36.9 Å². The Balaban J connectivity index is 1.62. The molecule has 4 nitrogen and oxygen atoms in total. The first-order valence-electron chi connectivity index (χ1n) is 9.92. The molecule has 0 saturated carbocycles. The van der Waals surface area contributed by atoms with Crippen LogP contribution in [-0.4, -0.2) is 44.1 Å². The third-order valence-electron chi connectivity index (χ3n) is 5.43. The molecule has 0 atom stereocenters. The second-order valence-corrected chi connectivity index (χ2v) is 7.02. The van der Waals surface area contributed by atoms with Crippen LogP contribution in [-0.2, 0) is 24.1 Å². The maximum absolute atomic E-state index is 12.7. The van der Waals surface area contributed by atoms with Gasteiger partial charge in [0, 0.05) is 31.9 Å². The van der Waals surface area contributed by atoms with Crippen molar-refractivity contribution in [3.63, 3.8) is 0 Å². The number of rotatable bonds is 6. The topological polar surface area (TPSA) is 32.8 Å². The van der Waals surface area contributed by atoms with Crippen molar-refractivity contribution in [2.45, 2.75) is 33.1 Å². The van der Waals surface area contributed by atoms with Gasteiger partial charge in [-0.1, -0.05) is 44.2 Å². The summed E-state index contributed by atoms with van der Waals surface area (Å²) < 4.78 is 5.18. The minimum Gasteiger partial charge on any atom is -0.497 e. The maximum atomic E-state index is 12.7. The Hall–Kier alpha value is -2.49. The molecule has 0 aliphatic carbocycles. The highest BCUT2D eigenvalue weighted by Crippen LogP contribution is 2.28. The highest BCUT2D eigenvalue weighted by Gasteiger charge is 2.23. The largest absolute Gasteiger partial charge is 0.497 e. The van der Waals surface area contributed by atoms with E-state index in [1.807, 2.05) is 29.2 Å². The van der Waals surface area contributed by atoms with Crippen molar-refractivity contribution in [2.75, 3.05) is 38.2 Å². The van der Waals surface area contributed by atoms with Crippen molar-refractivity contribution in [2.24, 2.45) is 0 Å². The molecule has 1 saturated heterocycles. The summed E-state index contributed by atoms with van der Waals surface area (Å²) in [5, 5.41) is 0. The van der Waals surface area contributed by atoms with E-state index in [4.69, 9.17) is 4.74 Å². The second kappa shape index (κ2) is 8.94. The fourth-order valence-electron chi connectivity index (χ4n) is 3.83. The Bertz CT molecular complexity index is 740. The number of nitrogens with zero attached hydrogens (tertiary/aromatic N) is 2. The van der Waals surface area contributed by atoms with E-state index in [-0.39, 0.29) is 5.91 Å². The zero-order valence-electron chi connectivity index (χ0n) is 16.7. The molecule has 2 aromatic rings. The number of amides is 1. The number of anilines is 1. The van der Waals surface area contributed by atoms with Gasteiger partial charge in [0.2, 0.25) is 5.91 Å². The highest BCUT2D eigenvalue weighted by molar-refractivity contribution is 5.79. The van der Waals surface area contributed by atoms with Gasteiger partial charge in [0.15, 0.2) is 0 Å². The van der Waals surface area contributed by atoms with E-state index in [1.54, 1.807) is 7.11 Å². The predicted octanol–water partition coefficient (Wildman–Crippen LogP) is 3.71. The number of ether oxygens (including phenoxy) is 1. The van der Waals surface area contributed by atoms with Crippen LogP contribution in [0.5, 0.6) is 5.75 Å². The lowest BCUT2D eigenvalue weighted by Crippen LogP contribution is -2.49. The maximum Gasteiger partial charge on any atom is 0.227 e. The van der Waals surface area contributed by atoms with E-state index in [0.717, 1.165) is 50.3 Å². The lowest BCUT2D eigenvalue weighted by Gasteiger charge is -2.38. The van der Waals surface area contributed by atoms with E-state index in [1.165, 1.54) is 16.8 Å². The SMILES string of the molecule is CCc1cccc(CC)c1N1CCN(C(=O)Cc2ccc(OC)cc2)CC1. The minimum atomic E-state index is 0.208. The Kier molecular flexibility index (Phi) is 6.38. The van der Waals surface area contributed by atoms with Gasteiger partial charge in [-0.2, -0.15) is 0 Å². The average Bonchev–Trinajstić information content (AvgIpc) is 2.73. The molecular formula is C23H30N2O2. The zero-order valence-corrected chi connectivity index (χ0v) is 16.7. The number of benzene rings is 2.